The quantitative estimate of drug-likeness (QED) is 0.789. The highest BCUT2D eigenvalue weighted by atomic mass is 32.2. The van der Waals surface area contributed by atoms with E-state index in [4.69, 9.17) is 0 Å². The largest absolute Gasteiger partial charge is 0.375 e. The summed E-state index contributed by atoms with van der Waals surface area (Å²) in [5.74, 6) is -1.91. The topological polar surface area (TPSA) is 49.4 Å². The zero-order valence-electron chi connectivity index (χ0n) is 12.7. The van der Waals surface area contributed by atoms with Gasteiger partial charge in [0.25, 0.3) is 0 Å². The Morgan fingerprint density at radius 1 is 1.09 bits per heavy atom. The minimum absolute atomic E-state index is 0.163. The number of rotatable bonds is 7. The Labute approximate surface area is 134 Å². The number of para-hydroxylation sites is 1. The Bertz CT molecular complexity index is 752. The summed E-state index contributed by atoms with van der Waals surface area (Å²) in [6.07, 6.45) is 0.549. The number of anilines is 1. The molecule has 1 N–H and O–H groups in total. The first-order valence-electron chi connectivity index (χ1n) is 7.11. The molecular formula is C16H18F2N2O2S. The van der Waals surface area contributed by atoms with Crippen molar-refractivity contribution in [2.24, 2.45) is 0 Å². The van der Waals surface area contributed by atoms with Crippen molar-refractivity contribution in [3.63, 3.8) is 0 Å². The van der Waals surface area contributed by atoms with Crippen LogP contribution in [0.5, 0.6) is 0 Å². The summed E-state index contributed by atoms with van der Waals surface area (Å²) in [7, 11) is -2.07. The molecule has 0 spiro atoms. The van der Waals surface area contributed by atoms with Crippen LogP contribution in [-0.4, -0.2) is 28.6 Å². The number of nitrogens with zero attached hydrogens (tertiary/aromatic N) is 1. The SMILES string of the molecule is CN(CCCNS(=O)(=O)c1ccc(F)cc1F)c1ccccc1. The lowest BCUT2D eigenvalue weighted by Crippen LogP contribution is -2.28. The highest BCUT2D eigenvalue weighted by Gasteiger charge is 2.18. The standard InChI is InChI=1S/C16H18F2N2O2S/c1-20(14-6-3-2-4-7-14)11-5-10-19-23(21,22)16-9-8-13(17)12-15(16)18/h2-4,6-9,12,19H,5,10-11H2,1H3. The van der Waals surface area contributed by atoms with Crippen LogP contribution in [0.25, 0.3) is 0 Å². The van der Waals surface area contributed by atoms with Gasteiger partial charge >= 0.3 is 0 Å². The molecule has 0 heterocycles. The predicted molar refractivity (Wildman–Crippen MR) is 85.9 cm³/mol. The van der Waals surface area contributed by atoms with Crippen LogP contribution in [0, 0.1) is 11.6 Å². The van der Waals surface area contributed by atoms with Crippen molar-refractivity contribution >= 4 is 15.7 Å². The van der Waals surface area contributed by atoms with E-state index >= 15 is 0 Å². The second kappa shape index (κ2) is 7.52. The van der Waals surface area contributed by atoms with E-state index in [1.54, 1.807) is 0 Å². The van der Waals surface area contributed by atoms with E-state index in [0.29, 0.717) is 19.0 Å². The summed E-state index contributed by atoms with van der Waals surface area (Å²) in [6, 6.07) is 12.1. The summed E-state index contributed by atoms with van der Waals surface area (Å²) in [4.78, 5) is 1.45. The molecule has 0 fully saturated rings. The molecule has 0 saturated carbocycles. The molecule has 0 radical (unpaired) electrons. The van der Waals surface area contributed by atoms with E-state index in [0.717, 1.165) is 17.8 Å². The molecule has 2 aromatic carbocycles. The van der Waals surface area contributed by atoms with Gasteiger partial charge in [-0.3, -0.25) is 0 Å². The van der Waals surface area contributed by atoms with Gasteiger partial charge in [0.05, 0.1) is 0 Å². The number of sulfonamides is 1. The average molecular weight is 340 g/mol. The third kappa shape index (κ3) is 4.74. The predicted octanol–water partition coefficient (Wildman–Crippen LogP) is 2.77. The molecular weight excluding hydrogens is 322 g/mol. The first-order chi connectivity index (χ1) is 10.9. The van der Waals surface area contributed by atoms with Gasteiger partial charge in [0, 0.05) is 31.9 Å². The van der Waals surface area contributed by atoms with Crippen molar-refractivity contribution in [3.05, 3.63) is 60.2 Å². The third-order valence-electron chi connectivity index (χ3n) is 3.34. The van der Waals surface area contributed by atoms with Crippen molar-refractivity contribution in [3.8, 4) is 0 Å². The van der Waals surface area contributed by atoms with E-state index in [-0.39, 0.29) is 6.54 Å². The van der Waals surface area contributed by atoms with Crippen molar-refractivity contribution in [2.75, 3.05) is 25.0 Å². The van der Waals surface area contributed by atoms with Gasteiger partial charge in [-0.2, -0.15) is 0 Å². The summed E-state index contributed by atoms with van der Waals surface area (Å²) in [6.45, 7) is 0.800. The van der Waals surface area contributed by atoms with Gasteiger partial charge in [0.15, 0.2) is 0 Å². The Morgan fingerprint density at radius 2 is 1.78 bits per heavy atom. The Morgan fingerprint density at radius 3 is 2.43 bits per heavy atom. The van der Waals surface area contributed by atoms with Gasteiger partial charge in [0.2, 0.25) is 10.0 Å². The molecule has 0 aromatic heterocycles. The van der Waals surface area contributed by atoms with Crippen LogP contribution < -0.4 is 9.62 Å². The first kappa shape index (κ1) is 17.4. The lowest BCUT2D eigenvalue weighted by molar-refractivity contribution is 0.542. The maximum Gasteiger partial charge on any atom is 0.243 e. The van der Waals surface area contributed by atoms with E-state index in [9.17, 15) is 17.2 Å². The molecule has 0 aliphatic carbocycles. The second-order valence-electron chi connectivity index (χ2n) is 5.08. The molecule has 124 valence electrons. The van der Waals surface area contributed by atoms with Crippen LogP contribution in [0.1, 0.15) is 6.42 Å². The monoisotopic (exact) mass is 340 g/mol. The normalized spacial score (nSPS) is 11.4. The first-order valence-corrected chi connectivity index (χ1v) is 8.59. The highest BCUT2D eigenvalue weighted by molar-refractivity contribution is 7.89. The van der Waals surface area contributed by atoms with Gasteiger partial charge in [-0.15, -0.1) is 0 Å². The molecule has 0 saturated heterocycles. The van der Waals surface area contributed by atoms with Crippen molar-refractivity contribution < 1.29 is 17.2 Å². The lowest BCUT2D eigenvalue weighted by atomic mass is 10.3. The van der Waals surface area contributed by atoms with Crippen LogP contribution >= 0.6 is 0 Å². The van der Waals surface area contributed by atoms with Crippen LogP contribution in [-0.2, 0) is 10.0 Å². The zero-order valence-corrected chi connectivity index (χ0v) is 13.5. The molecule has 0 bridgehead atoms. The van der Waals surface area contributed by atoms with Gasteiger partial charge < -0.3 is 4.90 Å². The van der Waals surface area contributed by atoms with Crippen LogP contribution in [0.4, 0.5) is 14.5 Å². The zero-order chi connectivity index (χ0) is 16.9. The molecule has 0 aliphatic rings. The summed E-state index contributed by atoms with van der Waals surface area (Å²) in [5, 5.41) is 0. The van der Waals surface area contributed by atoms with Crippen molar-refractivity contribution in [2.45, 2.75) is 11.3 Å². The van der Waals surface area contributed by atoms with Gasteiger partial charge in [0.1, 0.15) is 16.5 Å². The van der Waals surface area contributed by atoms with E-state index in [1.807, 2.05) is 42.3 Å². The highest BCUT2D eigenvalue weighted by Crippen LogP contribution is 2.15. The molecule has 0 amide bonds. The van der Waals surface area contributed by atoms with Crippen molar-refractivity contribution in [1.82, 2.24) is 4.72 Å². The summed E-state index contributed by atoms with van der Waals surface area (Å²) >= 11 is 0. The van der Waals surface area contributed by atoms with E-state index in [1.165, 1.54) is 0 Å². The fourth-order valence-electron chi connectivity index (χ4n) is 2.11. The smallest absolute Gasteiger partial charge is 0.243 e. The number of halogens is 2. The number of hydrogen-bond donors (Lipinski definition) is 1. The summed E-state index contributed by atoms with van der Waals surface area (Å²) < 4.78 is 52.7. The molecule has 2 rings (SSSR count). The number of benzene rings is 2. The van der Waals surface area contributed by atoms with E-state index < -0.39 is 26.6 Å². The fourth-order valence-corrected chi connectivity index (χ4v) is 3.24. The molecule has 2 aromatic rings. The van der Waals surface area contributed by atoms with Gasteiger partial charge in [-0.05, 0) is 30.7 Å². The van der Waals surface area contributed by atoms with Crippen molar-refractivity contribution in [1.29, 1.82) is 0 Å². The van der Waals surface area contributed by atoms with Crippen LogP contribution in [0.15, 0.2) is 53.4 Å². The summed E-state index contributed by atoms with van der Waals surface area (Å²) in [5.41, 5.74) is 1.03. The maximum absolute atomic E-state index is 13.5. The molecule has 0 unspecified atom stereocenters. The third-order valence-corrected chi connectivity index (χ3v) is 4.84. The maximum atomic E-state index is 13.5. The minimum Gasteiger partial charge on any atom is -0.375 e. The van der Waals surface area contributed by atoms with Crippen LogP contribution in [0.3, 0.4) is 0 Å². The number of hydrogen-bond acceptors (Lipinski definition) is 3. The van der Waals surface area contributed by atoms with Gasteiger partial charge in [-0.1, -0.05) is 18.2 Å². The lowest BCUT2D eigenvalue weighted by Gasteiger charge is -2.19. The average Bonchev–Trinajstić information content (AvgIpc) is 2.52. The molecule has 0 atom stereocenters. The Balaban J connectivity index is 1.88. The van der Waals surface area contributed by atoms with Crippen LogP contribution in [0.2, 0.25) is 0 Å². The Kier molecular flexibility index (Phi) is 5.68. The van der Waals surface area contributed by atoms with E-state index in [2.05, 4.69) is 4.72 Å². The molecule has 7 heteroatoms. The second-order valence-corrected chi connectivity index (χ2v) is 6.82. The molecule has 23 heavy (non-hydrogen) atoms. The van der Waals surface area contributed by atoms with Gasteiger partial charge in [-0.25, -0.2) is 21.9 Å². The molecule has 0 aliphatic heterocycles. The minimum atomic E-state index is -3.98. The Hall–Kier alpha value is -1.99. The fraction of sp³-hybridized carbons (Fsp3) is 0.250. The molecule has 4 nitrogen and oxygen atoms in total. The number of nitrogens with one attached hydrogen (secondary N) is 1.